The first-order valence-corrected chi connectivity index (χ1v) is 7.61. The van der Waals surface area contributed by atoms with Crippen LogP contribution in [-0.4, -0.2) is 35.6 Å². The first kappa shape index (κ1) is 11.6. The number of hydrogen-bond acceptors (Lipinski definition) is 4. The van der Waals surface area contributed by atoms with Crippen molar-refractivity contribution in [2.24, 2.45) is 0 Å². The van der Waals surface area contributed by atoms with Gasteiger partial charge in [0, 0.05) is 24.2 Å². The molecular formula is C13H21N3S. The third-order valence-electron chi connectivity index (χ3n) is 4.27. The molecule has 0 amide bonds. The van der Waals surface area contributed by atoms with Gasteiger partial charge in [-0.15, -0.1) is 11.3 Å². The lowest BCUT2D eigenvalue weighted by atomic mass is 9.83. The number of rotatable bonds is 3. The van der Waals surface area contributed by atoms with E-state index < -0.39 is 0 Å². The fourth-order valence-corrected chi connectivity index (χ4v) is 4.34. The van der Waals surface area contributed by atoms with Crippen LogP contribution >= 0.6 is 11.3 Å². The third-order valence-corrected chi connectivity index (χ3v) is 5.24. The summed E-state index contributed by atoms with van der Waals surface area (Å²) in [6.45, 7) is 5.78. The lowest BCUT2D eigenvalue weighted by molar-refractivity contribution is 0.106. The number of fused-ring (bicyclic) bond motifs is 1. The smallest absolute Gasteiger partial charge is 0.113 e. The van der Waals surface area contributed by atoms with Crippen molar-refractivity contribution < 1.29 is 0 Å². The number of thiazole rings is 1. The number of hydrogen-bond donors (Lipinski definition) is 1. The highest BCUT2D eigenvalue weighted by Crippen LogP contribution is 2.40. The molecular weight excluding hydrogens is 230 g/mol. The van der Waals surface area contributed by atoms with Gasteiger partial charge >= 0.3 is 0 Å². The lowest BCUT2D eigenvalue weighted by Gasteiger charge is -2.43. The Bertz CT molecular complexity index is 365. The maximum absolute atomic E-state index is 4.58. The highest BCUT2D eigenvalue weighted by molar-refractivity contribution is 7.09. The molecule has 0 spiro atoms. The number of nitrogens with zero attached hydrogens (tertiary/aromatic N) is 2. The normalized spacial score (nSPS) is 33.8. The van der Waals surface area contributed by atoms with Gasteiger partial charge < -0.3 is 10.2 Å². The summed E-state index contributed by atoms with van der Waals surface area (Å²) in [7, 11) is 0. The van der Waals surface area contributed by atoms with Crippen molar-refractivity contribution in [3.8, 4) is 0 Å². The van der Waals surface area contributed by atoms with E-state index in [1.807, 2.05) is 17.5 Å². The van der Waals surface area contributed by atoms with Crippen molar-refractivity contribution in [1.82, 2.24) is 15.2 Å². The monoisotopic (exact) mass is 251 g/mol. The highest BCUT2D eigenvalue weighted by atomic mass is 32.1. The molecule has 1 aromatic rings. The summed E-state index contributed by atoms with van der Waals surface area (Å²) in [6.07, 6.45) is 7.16. The fraction of sp³-hybridized carbons (Fsp3) is 0.769. The van der Waals surface area contributed by atoms with Gasteiger partial charge in [-0.2, -0.15) is 0 Å². The Hall–Kier alpha value is -0.450. The zero-order valence-electron chi connectivity index (χ0n) is 10.5. The van der Waals surface area contributed by atoms with E-state index in [2.05, 4.69) is 27.5 Å². The van der Waals surface area contributed by atoms with Crippen LogP contribution in [-0.2, 0) is 5.54 Å². The van der Waals surface area contributed by atoms with Crippen molar-refractivity contribution in [2.45, 2.75) is 44.2 Å². The summed E-state index contributed by atoms with van der Waals surface area (Å²) in [5.41, 5.74) is 0.161. The zero-order chi connectivity index (χ0) is 11.7. The molecule has 17 heavy (non-hydrogen) atoms. The molecule has 4 heteroatoms. The third kappa shape index (κ3) is 2.02. The van der Waals surface area contributed by atoms with E-state index in [1.165, 1.54) is 43.8 Å². The van der Waals surface area contributed by atoms with E-state index in [4.69, 9.17) is 0 Å². The van der Waals surface area contributed by atoms with Crippen LogP contribution in [0.3, 0.4) is 0 Å². The zero-order valence-corrected chi connectivity index (χ0v) is 11.3. The van der Waals surface area contributed by atoms with Crippen molar-refractivity contribution in [3.63, 3.8) is 0 Å². The van der Waals surface area contributed by atoms with Gasteiger partial charge in [0.15, 0.2) is 0 Å². The average molecular weight is 251 g/mol. The lowest BCUT2D eigenvalue weighted by Crippen LogP contribution is -2.53. The predicted molar refractivity (Wildman–Crippen MR) is 71.3 cm³/mol. The summed E-state index contributed by atoms with van der Waals surface area (Å²) in [4.78, 5) is 7.25. The maximum Gasteiger partial charge on any atom is 0.113 e. The maximum atomic E-state index is 4.58. The molecule has 0 aliphatic carbocycles. The van der Waals surface area contributed by atoms with Crippen LogP contribution in [0, 0.1) is 0 Å². The van der Waals surface area contributed by atoms with Gasteiger partial charge in [0.1, 0.15) is 5.01 Å². The molecule has 2 fully saturated rings. The van der Waals surface area contributed by atoms with Crippen LogP contribution in [0.5, 0.6) is 0 Å². The van der Waals surface area contributed by atoms with E-state index in [9.17, 15) is 0 Å². The molecule has 1 N–H and O–H groups in total. The summed E-state index contributed by atoms with van der Waals surface area (Å²) in [5, 5.41) is 7.14. The van der Waals surface area contributed by atoms with Crippen LogP contribution in [0.2, 0.25) is 0 Å². The Labute approximate surface area is 107 Å². The summed E-state index contributed by atoms with van der Waals surface area (Å²) < 4.78 is 0. The summed E-state index contributed by atoms with van der Waals surface area (Å²) in [6, 6.07) is 0.784. The molecule has 3 rings (SSSR count). The molecule has 0 aromatic carbocycles. The van der Waals surface area contributed by atoms with Crippen LogP contribution in [0.15, 0.2) is 11.6 Å². The quantitative estimate of drug-likeness (QED) is 0.892. The molecule has 3 nitrogen and oxygen atoms in total. The molecule has 0 saturated carbocycles. The minimum Gasteiger partial charge on any atom is -0.306 e. The molecule has 3 heterocycles. The SMILES string of the molecule is CCNC1(c2nccs2)CCN2CCCC2C1. The van der Waals surface area contributed by atoms with E-state index in [-0.39, 0.29) is 5.54 Å². The molecule has 94 valence electrons. The van der Waals surface area contributed by atoms with Crippen LogP contribution in [0.4, 0.5) is 0 Å². The van der Waals surface area contributed by atoms with Gasteiger partial charge in [-0.25, -0.2) is 4.98 Å². The van der Waals surface area contributed by atoms with Gasteiger partial charge in [-0.1, -0.05) is 6.92 Å². The number of nitrogens with one attached hydrogen (secondary N) is 1. The van der Waals surface area contributed by atoms with Crippen molar-refractivity contribution in [3.05, 3.63) is 16.6 Å². The molecule has 2 saturated heterocycles. The summed E-state index contributed by atoms with van der Waals surface area (Å²) in [5.74, 6) is 0. The minimum atomic E-state index is 0.161. The molecule has 2 aliphatic rings. The minimum absolute atomic E-state index is 0.161. The molecule has 0 bridgehead atoms. The Morgan fingerprint density at radius 1 is 1.59 bits per heavy atom. The highest BCUT2D eigenvalue weighted by Gasteiger charge is 2.43. The van der Waals surface area contributed by atoms with Crippen molar-refractivity contribution in [2.75, 3.05) is 19.6 Å². The summed E-state index contributed by atoms with van der Waals surface area (Å²) >= 11 is 1.81. The fourth-order valence-electron chi connectivity index (χ4n) is 3.49. The van der Waals surface area contributed by atoms with Gasteiger partial charge in [0.25, 0.3) is 0 Å². The van der Waals surface area contributed by atoms with E-state index in [1.54, 1.807) is 0 Å². The predicted octanol–water partition coefficient (Wildman–Crippen LogP) is 2.21. The van der Waals surface area contributed by atoms with Crippen LogP contribution < -0.4 is 5.32 Å². The van der Waals surface area contributed by atoms with E-state index in [0.29, 0.717) is 0 Å². The molecule has 2 aliphatic heterocycles. The first-order valence-electron chi connectivity index (χ1n) is 6.73. The van der Waals surface area contributed by atoms with Crippen LogP contribution in [0.25, 0.3) is 0 Å². The Morgan fingerprint density at radius 3 is 3.29 bits per heavy atom. The van der Waals surface area contributed by atoms with Gasteiger partial charge in [-0.3, -0.25) is 0 Å². The molecule has 1 aromatic heterocycles. The van der Waals surface area contributed by atoms with Gasteiger partial charge in [-0.05, 0) is 38.8 Å². The van der Waals surface area contributed by atoms with Crippen LogP contribution in [0.1, 0.15) is 37.6 Å². The Balaban J connectivity index is 1.85. The van der Waals surface area contributed by atoms with Crippen molar-refractivity contribution >= 4 is 11.3 Å². The molecule has 2 atom stereocenters. The standard InChI is InChI=1S/C13H21N3S/c1-2-15-13(12-14-6-9-17-12)5-8-16-7-3-4-11(16)10-13/h6,9,11,15H,2-5,7-8,10H2,1H3. The first-order chi connectivity index (χ1) is 8.34. The van der Waals surface area contributed by atoms with E-state index in [0.717, 1.165) is 12.6 Å². The Kier molecular flexibility index (Phi) is 3.19. The van der Waals surface area contributed by atoms with Gasteiger partial charge in [0.2, 0.25) is 0 Å². The average Bonchev–Trinajstić information content (AvgIpc) is 3.00. The second-order valence-electron chi connectivity index (χ2n) is 5.24. The number of piperidine rings is 1. The van der Waals surface area contributed by atoms with Gasteiger partial charge in [0.05, 0.1) is 5.54 Å². The van der Waals surface area contributed by atoms with Crippen molar-refractivity contribution in [1.29, 1.82) is 0 Å². The Morgan fingerprint density at radius 2 is 2.53 bits per heavy atom. The topological polar surface area (TPSA) is 28.2 Å². The van der Waals surface area contributed by atoms with E-state index >= 15 is 0 Å². The molecule has 2 unspecified atom stereocenters. The second-order valence-corrected chi connectivity index (χ2v) is 6.13. The number of aromatic nitrogens is 1. The molecule has 0 radical (unpaired) electrons. The second kappa shape index (κ2) is 4.67. The largest absolute Gasteiger partial charge is 0.306 e.